The Balaban J connectivity index is 2.11. The Hall–Kier alpha value is -3.02. The first-order valence-corrected chi connectivity index (χ1v) is 8.77. The van der Waals surface area contributed by atoms with Crippen molar-refractivity contribution in [3.63, 3.8) is 0 Å². The van der Waals surface area contributed by atoms with E-state index in [1.54, 1.807) is 56.4 Å². The molecular weight excluding hydrogens is 344 g/mol. The van der Waals surface area contributed by atoms with Gasteiger partial charge in [-0.3, -0.25) is 9.59 Å². The standard InChI is InChI=1S/C21H26N2O4/c1-14(2)27-18-11-10-17(12-19(18)26-5)21(25)23(4)13-15-6-8-16(9-7-15)20(24)22-3/h6-12,14H,13H2,1-5H3,(H,22,24). The number of methoxy groups -OCH3 is 1. The number of amides is 2. The van der Waals surface area contributed by atoms with Gasteiger partial charge in [0.05, 0.1) is 13.2 Å². The summed E-state index contributed by atoms with van der Waals surface area (Å²) in [6.45, 7) is 4.29. The SMILES string of the molecule is CNC(=O)c1ccc(CN(C)C(=O)c2ccc(OC(C)C)c(OC)c2)cc1. The normalized spacial score (nSPS) is 10.4. The number of nitrogens with one attached hydrogen (secondary N) is 1. The summed E-state index contributed by atoms with van der Waals surface area (Å²) in [6, 6.07) is 12.3. The van der Waals surface area contributed by atoms with E-state index in [2.05, 4.69) is 5.32 Å². The lowest BCUT2D eigenvalue weighted by atomic mass is 10.1. The molecule has 27 heavy (non-hydrogen) atoms. The highest BCUT2D eigenvalue weighted by Gasteiger charge is 2.16. The molecule has 2 aromatic carbocycles. The Morgan fingerprint density at radius 2 is 1.67 bits per heavy atom. The Kier molecular flexibility index (Phi) is 6.82. The van der Waals surface area contributed by atoms with Crippen molar-refractivity contribution in [1.82, 2.24) is 10.2 Å². The Morgan fingerprint density at radius 1 is 1.04 bits per heavy atom. The number of ether oxygens (including phenoxy) is 2. The molecule has 0 saturated carbocycles. The van der Waals surface area contributed by atoms with Crippen LogP contribution in [0.3, 0.4) is 0 Å². The summed E-state index contributed by atoms with van der Waals surface area (Å²) < 4.78 is 11.0. The fourth-order valence-corrected chi connectivity index (χ4v) is 2.62. The van der Waals surface area contributed by atoms with Gasteiger partial charge in [-0.1, -0.05) is 12.1 Å². The van der Waals surface area contributed by atoms with E-state index in [9.17, 15) is 9.59 Å². The third kappa shape index (κ3) is 5.23. The molecule has 2 aromatic rings. The van der Waals surface area contributed by atoms with E-state index in [1.807, 2.05) is 26.0 Å². The maximum atomic E-state index is 12.7. The van der Waals surface area contributed by atoms with Gasteiger partial charge in [-0.25, -0.2) is 0 Å². The van der Waals surface area contributed by atoms with Gasteiger partial charge in [-0.15, -0.1) is 0 Å². The average molecular weight is 370 g/mol. The molecule has 144 valence electrons. The monoisotopic (exact) mass is 370 g/mol. The molecule has 0 radical (unpaired) electrons. The highest BCUT2D eigenvalue weighted by atomic mass is 16.5. The van der Waals surface area contributed by atoms with Gasteiger partial charge in [0.25, 0.3) is 11.8 Å². The lowest BCUT2D eigenvalue weighted by molar-refractivity contribution is 0.0784. The molecule has 0 saturated heterocycles. The van der Waals surface area contributed by atoms with Gasteiger partial charge >= 0.3 is 0 Å². The van der Waals surface area contributed by atoms with Crippen LogP contribution < -0.4 is 14.8 Å². The number of rotatable bonds is 7. The maximum absolute atomic E-state index is 12.7. The van der Waals surface area contributed by atoms with Crippen LogP contribution in [0.2, 0.25) is 0 Å². The van der Waals surface area contributed by atoms with E-state index in [0.29, 0.717) is 29.2 Å². The molecule has 0 aliphatic carbocycles. The third-order valence-corrected chi connectivity index (χ3v) is 3.98. The predicted octanol–water partition coefficient (Wildman–Crippen LogP) is 3.11. The Morgan fingerprint density at radius 3 is 2.22 bits per heavy atom. The largest absolute Gasteiger partial charge is 0.493 e. The van der Waals surface area contributed by atoms with Gasteiger partial charge in [-0.05, 0) is 49.7 Å². The van der Waals surface area contributed by atoms with Crippen LogP contribution in [-0.2, 0) is 6.54 Å². The number of carbonyl (C=O) groups excluding carboxylic acids is 2. The number of benzene rings is 2. The molecule has 0 aliphatic rings. The van der Waals surface area contributed by atoms with E-state index < -0.39 is 0 Å². The summed E-state index contributed by atoms with van der Waals surface area (Å²) in [5.41, 5.74) is 2.04. The fourth-order valence-electron chi connectivity index (χ4n) is 2.62. The number of nitrogens with zero attached hydrogens (tertiary/aromatic N) is 1. The van der Waals surface area contributed by atoms with Crippen molar-refractivity contribution in [3.8, 4) is 11.5 Å². The average Bonchev–Trinajstić information content (AvgIpc) is 2.67. The van der Waals surface area contributed by atoms with E-state index in [4.69, 9.17) is 9.47 Å². The second-order valence-corrected chi connectivity index (χ2v) is 6.47. The minimum Gasteiger partial charge on any atom is -0.493 e. The molecule has 0 heterocycles. The van der Waals surface area contributed by atoms with Crippen molar-refractivity contribution in [1.29, 1.82) is 0 Å². The highest BCUT2D eigenvalue weighted by molar-refractivity contribution is 5.95. The zero-order chi connectivity index (χ0) is 20.0. The number of hydrogen-bond acceptors (Lipinski definition) is 4. The summed E-state index contributed by atoms with van der Waals surface area (Å²) in [5.74, 6) is 0.871. The van der Waals surface area contributed by atoms with Gasteiger partial charge in [0, 0.05) is 31.8 Å². The van der Waals surface area contributed by atoms with Crippen molar-refractivity contribution in [2.75, 3.05) is 21.2 Å². The molecule has 6 heteroatoms. The first-order chi connectivity index (χ1) is 12.8. The summed E-state index contributed by atoms with van der Waals surface area (Å²) in [5, 5.41) is 2.58. The van der Waals surface area contributed by atoms with Gasteiger partial charge in [0.2, 0.25) is 0 Å². The van der Waals surface area contributed by atoms with Gasteiger partial charge < -0.3 is 19.7 Å². The summed E-state index contributed by atoms with van der Waals surface area (Å²) in [4.78, 5) is 26.0. The van der Waals surface area contributed by atoms with Crippen LogP contribution in [0.1, 0.15) is 40.1 Å². The molecule has 0 aliphatic heterocycles. The maximum Gasteiger partial charge on any atom is 0.254 e. The molecule has 2 rings (SSSR count). The van der Waals surface area contributed by atoms with Crippen LogP contribution in [0, 0.1) is 0 Å². The van der Waals surface area contributed by atoms with Crippen LogP contribution in [-0.4, -0.2) is 44.0 Å². The topological polar surface area (TPSA) is 67.9 Å². The Bertz CT molecular complexity index is 800. The minimum absolute atomic E-state index is 0.0147. The van der Waals surface area contributed by atoms with Gasteiger partial charge in [-0.2, -0.15) is 0 Å². The zero-order valence-corrected chi connectivity index (χ0v) is 16.4. The number of hydrogen-bond donors (Lipinski definition) is 1. The molecular formula is C21H26N2O4. The third-order valence-electron chi connectivity index (χ3n) is 3.98. The van der Waals surface area contributed by atoms with E-state index in [-0.39, 0.29) is 17.9 Å². The highest BCUT2D eigenvalue weighted by Crippen LogP contribution is 2.29. The summed E-state index contributed by atoms with van der Waals surface area (Å²) >= 11 is 0. The van der Waals surface area contributed by atoms with Gasteiger partial charge in [0.1, 0.15) is 0 Å². The number of carbonyl (C=O) groups is 2. The van der Waals surface area contributed by atoms with E-state index in [1.165, 1.54) is 0 Å². The second kappa shape index (κ2) is 9.07. The molecule has 0 spiro atoms. The van der Waals surface area contributed by atoms with Crippen molar-refractivity contribution < 1.29 is 19.1 Å². The van der Waals surface area contributed by atoms with Crippen LogP contribution in [0.15, 0.2) is 42.5 Å². The molecule has 1 N–H and O–H groups in total. The summed E-state index contributed by atoms with van der Waals surface area (Å²) in [7, 11) is 4.88. The molecule has 0 atom stereocenters. The van der Waals surface area contributed by atoms with Crippen molar-refractivity contribution in [3.05, 3.63) is 59.2 Å². The van der Waals surface area contributed by atoms with Crippen LogP contribution >= 0.6 is 0 Å². The van der Waals surface area contributed by atoms with Gasteiger partial charge in [0.15, 0.2) is 11.5 Å². The lowest BCUT2D eigenvalue weighted by Gasteiger charge is -2.19. The molecule has 0 aromatic heterocycles. The fraction of sp³-hybridized carbons (Fsp3) is 0.333. The quantitative estimate of drug-likeness (QED) is 0.813. The lowest BCUT2D eigenvalue weighted by Crippen LogP contribution is -2.26. The van der Waals surface area contributed by atoms with E-state index in [0.717, 1.165) is 5.56 Å². The first kappa shape index (κ1) is 20.3. The van der Waals surface area contributed by atoms with E-state index >= 15 is 0 Å². The first-order valence-electron chi connectivity index (χ1n) is 8.77. The summed E-state index contributed by atoms with van der Waals surface area (Å²) in [6.07, 6.45) is 0.0147. The molecule has 0 unspecified atom stereocenters. The van der Waals surface area contributed by atoms with Crippen molar-refractivity contribution in [2.45, 2.75) is 26.5 Å². The van der Waals surface area contributed by atoms with Crippen molar-refractivity contribution in [2.24, 2.45) is 0 Å². The molecule has 6 nitrogen and oxygen atoms in total. The Labute approximate surface area is 160 Å². The predicted molar refractivity (Wildman–Crippen MR) is 104 cm³/mol. The molecule has 0 fully saturated rings. The van der Waals surface area contributed by atoms with Crippen LogP contribution in [0.25, 0.3) is 0 Å². The van der Waals surface area contributed by atoms with Crippen molar-refractivity contribution >= 4 is 11.8 Å². The molecule has 2 amide bonds. The molecule has 0 bridgehead atoms. The zero-order valence-electron chi connectivity index (χ0n) is 16.4. The smallest absolute Gasteiger partial charge is 0.254 e. The minimum atomic E-state index is -0.137. The second-order valence-electron chi connectivity index (χ2n) is 6.47. The van der Waals surface area contributed by atoms with Crippen LogP contribution in [0.5, 0.6) is 11.5 Å². The van der Waals surface area contributed by atoms with Crippen LogP contribution in [0.4, 0.5) is 0 Å².